The second-order valence-electron chi connectivity index (χ2n) is 5.96. The zero-order valence-corrected chi connectivity index (χ0v) is 18.7. The molecule has 5 nitrogen and oxygen atoms in total. The normalized spacial score (nSPS) is 14.8. The maximum Gasteiger partial charge on any atom is 0.363 e. The van der Waals surface area contributed by atoms with E-state index in [1.165, 1.54) is 0 Å². The first-order valence-corrected chi connectivity index (χ1v) is 10.5. The fourth-order valence-corrected chi connectivity index (χ4v) is 3.56. The van der Waals surface area contributed by atoms with Crippen LogP contribution in [-0.4, -0.2) is 25.1 Å². The first-order chi connectivity index (χ1) is 13.5. The van der Waals surface area contributed by atoms with Gasteiger partial charge in [-0.25, -0.2) is 9.79 Å². The van der Waals surface area contributed by atoms with Crippen LogP contribution < -0.4 is 9.47 Å². The number of esters is 1. The van der Waals surface area contributed by atoms with Gasteiger partial charge < -0.3 is 14.2 Å². The second kappa shape index (κ2) is 9.39. The highest BCUT2D eigenvalue weighted by Gasteiger charge is 2.24. The first kappa shape index (κ1) is 20.6. The number of benzene rings is 2. The number of hydrogen-bond donors (Lipinski definition) is 0. The molecule has 0 bridgehead atoms. The minimum absolute atomic E-state index is 0.228. The van der Waals surface area contributed by atoms with Gasteiger partial charge in [0.15, 0.2) is 17.2 Å². The molecular formula is C21H19Br2NO4. The molecule has 7 heteroatoms. The molecule has 3 rings (SSSR count). The lowest BCUT2D eigenvalue weighted by Gasteiger charge is -2.14. The van der Waals surface area contributed by atoms with E-state index in [1.54, 1.807) is 6.08 Å². The van der Waals surface area contributed by atoms with Gasteiger partial charge in [-0.3, -0.25) is 0 Å². The summed E-state index contributed by atoms with van der Waals surface area (Å²) >= 11 is 6.94. The van der Waals surface area contributed by atoms with E-state index >= 15 is 0 Å². The zero-order chi connectivity index (χ0) is 20.1. The number of cyclic esters (lactones) is 1. The molecule has 0 amide bonds. The molecule has 0 saturated carbocycles. The minimum atomic E-state index is -0.490. The van der Waals surface area contributed by atoms with Crippen molar-refractivity contribution in [1.82, 2.24) is 0 Å². The predicted molar refractivity (Wildman–Crippen MR) is 116 cm³/mol. The summed E-state index contributed by atoms with van der Waals surface area (Å²) < 4.78 is 18.5. The molecule has 0 N–H and O–H groups in total. The standard InChI is InChI=1S/C21H19Br2NO4/c1-3-8-27-19-16(23)9-13(11-18(19)26-4-2)10-17-21(25)28-20(24-17)14-6-5-7-15(22)12-14/h5-7,9-12H,3-4,8H2,1-2H3/b17-10-. The summed E-state index contributed by atoms with van der Waals surface area (Å²) in [7, 11) is 0. The van der Waals surface area contributed by atoms with Crippen molar-refractivity contribution in [3.8, 4) is 11.5 Å². The van der Waals surface area contributed by atoms with Crippen molar-refractivity contribution in [2.75, 3.05) is 13.2 Å². The van der Waals surface area contributed by atoms with Crippen LogP contribution in [0.25, 0.3) is 6.08 Å². The molecule has 0 aromatic heterocycles. The van der Waals surface area contributed by atoms with Gasteiger partial charge in [0.1, 0.15) is 0 Å². The van der Waals surface area contributed by atoms with Gasteiger partial charge in [0.05, 0.1) is 17.7 Å². The van der Waals surface area contributed by atoms with Crippen molar-refractivity contribution in [2.45, 2.75) is 20.3 Å². The molecular weight excluding hydrogens is 490 g/mol. The summed E-state index contributed by atoms with van der Waals surface area (Å²) in [4.78, 5) is 16.6. The molecule has 28 heavy (non-hydrogen) atoms. The van der Waals surface area contributed by atoms with Gasteiger partial charge in [-0.2, -0.15) is 0 Å². The highest BCUT2D eigenvalue weighted by atomic mass is 79.9. The molecule has 0 radical (unpaired) electrons. The zero-order valence-electron chi connectivity index (χ0n) is 15.5. The van der Waals surface area contributed by atoms with Crippen LogP contribution in [0.4, 0.5) is 0 Å². The van der Waals surface area contributed by atoms with E-state index in [2.05, 4.69) is 36.9 Å². The van der Waals surface area contributed by atoms with E-state index in [9.17, 15) is 4.79 Å². The van der Waals surface area contributed by atoms with Gasteiger partial charge in [-0.15, -0.1) is 0 Å². The maximum absolute atomic E-state index is 12.3. The third-order valence-electron chi connectivity index (χ3n) is 3.78. The Kier molecular flexibility index (Phi) is 6.91. The van der Waals surface area contributed by atoms with Crippen LogP contribution in [0.15, 0.2) is 56.0 Å². The van der Waals surface area contributed by atoms with Gasteiger partial charge in [-0.05, 0) is 71.2 Å². The molecule has 0 atom stereocenters. The number of aliphatic imine (C=N–C) groups is 1. The fraction of sp³-hybridized carbons (Fsp3) is 0.238. The van der Waals surface area contributed by atoms with Crippen molar-refractivity contribution in [1.29, 1.82) is 0 Å². The molecule has 2 aromatic rings. The smallest absolute Gasteiger partial charge is 0.363 e. The quantitative estimate of drug-likeness (QED) is 0.353. The Morgan fingerprint density at radius 2 is 1.96 bits per heavy atom. The maximum atomic E-state index is 12.3. The molecule has 1 heterocycles. The highest BCUT2D eigenvalue weighted by molar-refractivity contribution is 9.10. The Labute approximate surface area is 180 Å². The van der Waals surface area contributed by atoms with Gasteiger partial charge in [0, 0.05) is 10.0 Å². The van der Waals surface area contributed by atoms with Crippen molar-refractivity contribution < 1.29 is 19.0 Å². The van der Waals surface area contributed by atoms with Crippen molar-refractivity contribution in [2.24, 2.45) is 4.99 Å². The largest absolute Gasteiger partial charge is 0.490 e. The Morgan fingerprint density at radius 1 is 1.14 bits per heavy atom. The lowest BCUT2D eigenvalue weighted by molar-refractivity contribution is -0.129. The third kappa shape index (κ3) is 4.83. The van der Waals surface area contributed by atoms with E-state index in [1.807, 2.05) is 50.2 Å². The molecule has 1 aliphatic rings. The number of nitrogens with zero attached hydrogens (tertiary/aromatic N) is 1. The summed E-state index contributed by atoms with van der Waals surface area (Å²) in [6.45, 7) is 5.04. The number of hydrogen-bond acceptors (Lipinski definition) is 5. The average molecular weight is 509 g/mol. The molecule has 0 spiro atoms. The summed E-state index contributed by atoms with van der Waals surface area (Å²) in [5.74, 6) is 1.05. The second-order valence-corrected chi connectivity index (χ2v) is 7.73. The van der Waals surface area contributed by atoms with Gasteiger partial charge >= 0.3 is 5.97 Å². The van der Waals surface area contributed by atoms with Gasteiger partial charge in [-0.1, -0.05) is 28.9 Å². The number of carbonyl (C=O) groups is 1. The molecule has 146 valence electrons. The van der Waals surface area contributed by atoms with Crippen LogP contribution in [0.1, 0.15) is 31.4 Å². The molecule has 0 unspecified atom stereocenters. The van der Waals surface area contributed by atoms with Crippen molar-refractivity contribution in [3.05, 3.63) is 62.2 Å². The lowest BCUT2D eigenvalue weighted by Crippen LogP contribution is -2.05. The van der Waals surface area contributed by atoms with Crippen LogP contribution >= 0.6 is 31.9 Å². The van der Waals surface area contributed by atoms with E-state index < -0.39 is 5.97 Å². The number of halogens is 2. The van der Waals surface area contributed by atoms with Crippen LogP contribution in [0.2, 0.25) is 0 Å². The monoisotopic (exact) mass is 507 g/mol. The average Bonchev–Trinajstić information content (AvgIpc) is 3.02. The Morgan fingerprint density at radius 3 is 2.68 bits per heavy atom. The Bertz CT molecular complexity index is 953. The molecule has 0 saturated heterocycles. The Hall–Kier alpha value is -2.12. The number of rotatable bonds is 7. The van der Waals surface area contributed by atoms with Crippen molar-refractivity contribution in [3.63, 3.8) is 0 Å². The van der Waals surface area contributed by atoms with Crippen molar-refractivity contribution >= 4 is 49.8 Å². The SMILES string of the molecule is CCCOc1c(Br)cc(/C=C2\N=C(c3cccc(Br)c3)OC2=O)cc1OCC. The number of ether oxygens (including phenoxy) is 3. The summed E-state index contributed by atoms with van der Waals surface area (Å²) in [6, 6.07) is 11.1. The Balaban J connectivity index is 1.94. The van der Waals surface area contributed by atoms with Gasteiger partial charge in [0.25, 0.3) is 0 Å². The predicted octanol–water partition coefficient (Wildman–Crippen LogP) is 5.74. The summed E-state index contributed by atoms with van der Waals surface area (Å²) in [5, 5.41) is 0. The molecule has 0 fully saturated rings. The summed E-state index contributed by atoms with van der Waals surface area (Å²) in [5.41, 5.74) is 1.71. The number of carbonyl (C=O) groups excluding carboxylic acids is 1. The van der Waals surface area contributed by atoms with Gasteiger partial charge in [0.2, 0.25) is 5.90 Å². The fourth-order valence-electron chi connectivity index (χ4n) is 2.59. The van der Waals surface area contributed by atoms with E-state index in [4.69, 9.17) is 14.2 Å². The highest BCUT2D eigenvalue weighted by Crippen LogP contribution is 2.38. The van der Waals surface area contributed by atoms with Crippen LogP contribution in [0.3, 0.4) is 0 Å². The van der Waals surface area contributed by atoms with E-state index in [-0.39, 0.29) is 11.6 Å². The van der Waals surface area contributed by atoms with Crippen LogP contribution in [0.5, 0.6) is 11.5 Å². The van der Waals surface area contributed by atoms with Crippen LogP contribution in [0, 0.1) is 0 Å². The molecule has 0 aliphatic carbocycles. The minimum Gasteiger partial charge on any atom is -0.490 e. The van der Waals surface area contributed by atoms with Crippen LogP contribution in [-0.2, 0) is 9.53 Å². The molecule has 1 aliphatic heterocycles. The third-order valence-corrected chi connectivity index (χ3v) is 4.86. The molecule has 2 aromatic carbocycles. The van der Waals surface area contributed by atoms with E-state index in [0.717, 1.165) is 26.5 Å². The lowest BCUT2D eigenvalue weighted by atomic mass is 10.1. The topological polar surface area (TPSA) is 57.1 Å². The van der Waals surface area contributed by atoms with E-state index in [0.29, 0.717) is 24.7 Å². The first-order valence-electron chi connectivity index (χ1n) is 8.89. The summed E-state index contributed by atoms with van der Waals surface area (Å²) in [6.07, 6.45) is 2.56.